The number of sulfonamides is 1. The molecule has 1 aliphatic rings. The number of hydrogen-bond acceptors (Lipinski definition) is 4. The number of hydrogen-bond donors (Lipinski definition) is 1. The van der Waals surface area contributed by atoms with Gasteiger partial charge in [0.15, 0.2) is 0 Å². The lowest BCUT2D eigenvalue weighted by molar-refractivity contribution is 0.0742. The van der Waals surface area contributed by atoms with Gasteiger partial charge in [0.1, 0.15) is 0 Å². The lowest BCUT2D eigenvalue weighted by Crippen LogP contribution is -2.30. The Morgan fingerprint density at radius 1 is 1.20 bits per heavy atom. The van der Waals surface area contributed by atoms with Gasteiger partial charge in [-0.2, -0.15) is 0 Å². The van der Waals surface area contributed by atoms with Crippen molar-refractivity contribution in [3.05, 3.63) is 51.2 Å². The minimum Gasteiger partial charge on any atom is -0.335 e. The highest BCUT2D eigenvalue weighted by Gasteiger charge is 2.25. The first-order valence-electron chi connectivity index (χ1n) is 8.28. The van der Waals surface area contributed by atoms with Gasteiger partial charge in [-0.05, 0) is 55.9 Å². The number of fused-ring (bicyclic) bond motifs is 1. The molecule has 0 bridgehead atoms. The molecule has 134 valence electrons. The summed E-state index contributed by atoms with van der Waals surface area (Å²) in [5.41, 5.74) is 2.90. The number of amides is 1. The number of nitrogens with zero attached hydrogens (tertiary/aromatic N) is 1. The van der Waals surface area contributed by atoms with Crippen LogP contribution in [-0.4, -0.2) is 26.3 Å². The monoisotopic (exact) mass is 378 g/mol. The van der Waals surface area contributed by atoms with Crippen LogP contribution in [0.15, 0.2) is 34.5 Å². The second-order valence-corrected chi connectivity index (χ2v) is 8.99. The van der Waals surface area contributed by atoms with E-state index in [1.165, 1.54) is 29.0 Å². The molecule has 0 aliphatic heterocycles. The molecular formula is C18H22N2O3S2. The molecule has 2 N–H and O–H groups in total. The third-order valence-electron chi connectivity index (χ3n) is 4.88. The SMILES string of the molecule is CC(c1ccc(S(N)(=O)=O)cc1)N(C)C(=O)c1csc2c1CCCC2. The van der Waals surface area contributed by atoms with E-state index in [1.54, 1.807) is 35.4 Å². The largest absolute Gasteiger partial charge is 0.335 e. The van der Waals surface area contributed by atoms with Crippen LogP contribution in [-0.2, 0) is 22.9 Å². The number of carbonyl (C=O) groups is 1. The first kappa shape index (κ1) is 18.1. The Kier molecular flexibility index (Phi) is 4.99. The number of nitrogens with two attached hydrogens (primary N) is 1. The second-order valence-electron chi connectivity index (χ2n) is 6.46. The molecule has 0 spiro atoms. The van der Waals surface area contributed by atoms with E-state index in [-0.39, 0.29) is 16.8 Å². The highest BCUT2D eigenvalue weighted by molar-refractivity contribution is 7.89. The number of carbonyl (C=O) groups excluding carboxylic acids is 1. The molecule has 0 saturated carbocycles. The van der Waals surface area contributed by atoms with E-state index in [9.17, 15) is 13.2 Å². The van der Waals surface area contributed by atoms with E-state index in [0.29, 0.717) is 0 Å². The van der Waals surface area contributed by atoms with Crippen LogP contribution >= 0.6 is 11.3 Å². The van der Waals surface area contributed by atoms with Crippen molar-refractivity contribution in [3.63, 3.8) is 0 Å². The van der Waals surface area contributed by atoms with Crippen molar-refractivity contribution in [1.82, 2.24) is 4.90 Å². The predicted molar refractivity (Wildman–Crippen MR) is 99.3 cm³/mol. The Labute approximate surface area is 152 Å². The zero-order valence-electron chi connectivity index (χ0n) is 14.4. The Balaban J connectivity index is 1.81. The standard InChI is InChI=1S/C18H22N2O3S2/c1-12(13-7-9-14(10-8-13)25(19,22)23)20(2)18(21)16-11-24-17-6-4-3-5-15(16)17/h7-12H,3-6H2,1-2H3,(H2,19,22,23). The van der Waals surface area contributed by atoms with Gasteiger partial charge in [-0.25, -0.2) is 13.6 Å². The molecule has 3 rings (SSSR count). The molecule has 1 aliphatic carbocycles. The van der Waals surface area contributed by atoms with Gasteiger partial charge in [0.05, 0.1) is 16.5 Å². The quantitative estimate of drug-likeness (QED) is 0.888. The highest BCUT2D eigenvalue weighted by Crippen LogP contribution is 2.32. The van der Waals surface area contributed by atoms with Gasteiger partial charge in [0.25, 0.3) is 5.91 Å². The van der Waals surface area contributed by atoms with Gasteiger partial charge >= 0.3 is 0 Å². The van der Waals surface area contributed by atoms with Gasteiger partial charge in [-0.1, -0.05) is 12.1 Å². The molecule has 1 aromatic heterocycles. The molecule has 0 fully saturated rings. The van der Waals surface area contributed by atoms with E-state index >= 15 is 0 Å². The Hall–Kier alpha value is -1.70. The van der Waals surface area contributed by atoms with E-state index in [4.69, 9.17) is 5.14 Å². The maximum atomic E-state index is 12.9. The minimum atomic E-state index is -3.71. The van der Waals surface area contributed by atoms with Gasteiger partial charge in [0, 0.05) is 17.3 Å². The molecule has 7 heteroatoms. The number of thiophene rings is 1. The van der Waals surface area contributed by atoms with Crippen molar-refractivity contribution in [1.29, 1.82) is 0 Å². The zero-order chi connectivity index (χ0) is 18.2. The summed E-state index contributed by atoms with van der Waals surface area (Å²) in [6, 6.07) is 6.20. The maximum absolute atomic E-state index is 12.9. The summed E-state index contributed by atoms with van der Waals surface area (Å²) in [6.07, 6.45) is 4.38. The average molecular weight is 379 g/mol. The molecule has 5 nitrogen and oxygen atoms in total. The van der Waals surface area contributed by atoms with Crippen molar-refractivity contribution in [3.8, 4) is 0 Å². The summed E-state index contributed by atoms with van der Waals surface area (Å²) >= 11 is 1.68. The summed E-state index contributed by atoms with van der Waals surface area (Å²) in [7, 11) is -1.92. The smallest absolute Gasteiger partial charge is 0.255 e. The first-order valence-corrected chi connectivity index (χ1v) is 10.7. The van der Waals surface area contributed by atoms with E-state index in [1.807, 2.05) is 12.3 Å². The number of benzene rings is 1. The van der Waals surface area contributed by atoms with Gasteiger partial charge in [-0.3, -0.25) is 4.79 Å². The van der Waals surface area contributed by atoms with Crippen LogP contribution in [0.5, 0.6) is 0 Å². The number of primary sulfonamides is 1. The molecule has 1 heterocycles. The van der Waals surface area contributed by atoms with Gasteiger partial charge < -0.3 is 4.90 Å². The first-order chi connectivity index (χ1) is 11.8. The lowest BCUT2D eigenvalue weighted by atomic mass is 9.95. The fourth-order valence-electron chi connectivity index (χ4n) is 3.20. The van der Waals surface area contributed by atoms with E-state index in [2.05, 4.69) is 0 Å². The summed E-state index contributed by atoms with van der Waals surface area (Å²) in [5, 5.41) is 7.11. The van der Waals surface area contributed by atoms with Crippen LogP contribution in [0.3, 0.4) is 0 Å². The third kappa shape index (κ3) is 3.63. The van der Waals surface area contributed by atoms with Crippen molar-refractivity contribution in [2.24, 2.45) is 5.14 Å². The molecule has 2 aromatic rings. The van der Waals surface area contributed by atoms with Crippen LogP contribution in [0.4, 0.5) is 0 Å². The molecule has 1 aromatic carbocycles. The van der Waals surface area contributed by atoms with Crippen LogP contribution in [0.1, 0.15) is 52.2 Å². The Morgan fingerprint density at radius 3 is 2.48 bits per heavy atom. The molecule has 1 amide bonds. The second kappa shape index (κ2) is 6.90. The van der Waals surface area contributed by atoms with E-state index < -0.39 is 10.0 Å². The zero-order valence-corrected chi connectivity index (χ0v) is 16.0. The van der Waals surface area contributed by atoms with Crippen molar-refractivity contribution in [2.45, 2.75) is 43.5 Å². The van der Waals surface area contributed by atoms with Crippen molar-refractivity contribution >= 4 is 27.3 Å². The molecule has 1 atom stereocenters. The summed E-state index contributed by atoms with van der Waals surface area (Å²) in [6.45, 7) is 1.93. The normalized spacial score (nSPS) is 15.5. The summed E-state index contributed by atoms with van der Waals surface area (Å²) in [5.74, 6) is 0.0161. The average Bonchev–Trinajstić information content (AvgIpc) is 3.03. The summed E-state index contributed by atoms with van der Waals surface area (Å²) < 4.78 is 22.7. The third-order valence-corrected chi connectivity index (χ3v) is 6.90. The van der Waals surface area contributed by atoms with Crippen LogP contribution in [0, 0.1) is 0 Å². The number of rotatable bonds is 4. The van der Waals surface area contributed by atoms with Gasteiger partial charge in [-0.15, -0.1) is 11.3 Å². The fourth-order valence-corrected chi connectivity index (χ4v) is 4.83. The molecule has 1 unspecified atom stereocenters. The fraction of sp³-hybridized carbons (Fsp3) is 0.389. The Morgan fingerprint density at radius 2 is 1.84 bits per heavy atom. The van der Waals surface area contributed by atoms with Crippen LogP contribution in [0.25, 0.3) is 0 Å². The molecule has 0 radical (unpaired) electrons. The van der Waals surface area contributed by atoms with Crippen LogP contribution in [0.2, 0.25) is 0 Å². The van der Waals surface area contributed by atoms with Gasteiger partial charge in [0.2, 0.25) is 10.0 Å². The molecule has 25 heavy (non-hydrogen) atoms. The van der Waals surface area contributed by atoms with Crippen molar-refractivity contribution < 1.29 is 13.2 Å². The van der Waals surface area contributed by atoms with Crippen LogP contribution < -0.4 is 5.14 Å². The number of aryl methyl sites for hydroxylation is 1. The van der Waals surface area contributed by atoms with Crippen molar-refractivity contribution in [2.75, 3.05) is 7.05 Å². The highest BCUT2D eigenvalue weighted by atomic mass is 32.2. The summed E-state index contributed by atoms with van der Waals surface area (Å²) in [4.78, 5) is 16.1. The topological polar surface area (TPSA) is 80.5 Å². The lowest BCUT2D eigenvalue weighted by Gasteiger charge is -2.26. The predicted octanol–water partition coefficient (Wildman–Crippen LogP) is 3.11. The van der Waals surface area contributed by atoms with E-state index in [0.717, 1.165) is 30.4 Å². The minimum absolute atomic E-state index is 0.0161. The molecule has 0 saturated heterocycles. The Bertz CT molecular complexity index is 886. The maximum Gasteiger partial charge on any atom is 0.255 e. The molecular weight excluding hydrogens is 356 g/mol.